The molecule has 222 valence electrons. The van der Waals surface area contributed by atoms with Gasteiger partial charge in [0.05, 0.1) is 5.88 Å². The number of sulfonamides is 1. The second-order valence-corrected chi connectivity index (χ2v) is 13.9. The van der Waals surface area contributed by atoms with Crippen LogP contribution < -0.4 is 10.1 Å². The maximum Gasteiger partial charge on any atom is 0.415 e. The number of hydrogen-bond donors (Lipinski definition) is 2. The first-order chi connectivity index (χ1) is 19.4. The smallest absolute Gasteiger partial charge is 0.415 e. The van der Waals surface area contributed by atoms with Gasteiger partial charge in [-0.25, -0.2) is 18.0 Å². The van der Waals surface area contributed by atoms with Gasteiger partial charge in [-0.15, -0.1) is 11.8 Å². The lowest BCUT2D eigenvalue weighted by atomic mass is 10.0. The fraction of sp³-hybridized carbons (Fsp3) is 0.481. The Morgan fingerprint density at radius 1 is 1.15 bits per heavy atom. The van der Waals surface area contributed by atoms with Crippen LogP contribution in [0.25, 0.3) is 0 Å². The van der Waals surface area contributed by atoms with Gasteiger partial charge in [-0.2, -0.15) is 4.31 Å². The summed E-state index contributed by atoms with van der Waals surface area (Å²) in [5.41, 5.74) is 0.592. The highest BCUT2D eigenvalue weighted by Crippen LogP contribution is 2.42. The van der Waals surface area contributed by atoms with E-state index in [1.165, 1.54) is 36.3 Å². The van der Waals surface area contributed by atoms with Crippen molar-refractivity contribution in [1.82, 2.24) is 24.4 Å². The van der Waals surface area contributed by atoms with E-state index in [4.69, 9.17) is 4.74 Å². The molecule has 2 atom stereocenters. The highest BCUT2D eigenvalue weighted by Gasteiger charge is 2.51. The number of aliphatic carboxylic acids is 1. The SMILES string of the molecule is CCN1CCN(C(=O)Oc2ccc(C[C@H](NC(=O)[C@H]3N(S(=O)(=O)c4cccnc4)CSC3(C)C)C(=O)O)cc2)CC1. The molecule has 0 unspecified atom stereocenters. The number of likely N-dealkylation sites (N-methyl/N-ethyl adjacent to an activating group) is 1. The number of aromatic nitrogens is 1. The quantitative estimate of drug-likeness (QED) is 0.434. The first-order valence-corrected chi connectivity index (χ1v) is 15.7. The second kappa shape index (κ2) is 12.8. The Hall–Kier alpha value is -3.20. The minimum Gasteiger partial charge on any atom is -0.480 e. The monoisotopic (exact) mass is 605 g/mol. The maximum atomic E-state index is 13.4. The number of pyridine rings is 1. The number of benzene rings is 1. The number of thioether (sulfide) groups is 1. The Bertz CT molecular complexity index is 1350. The molecule has 0 bridgehead atoms. The first kappa shape index (κ1) is 30.8. The van der Waals surface area contributed by atoms with E-state index < -0.39 is 44.8 Å². The van der Waals surface area contributed by atoms with E-state index in [9.17, 15) is 27.9 Å². The van der Waals surface area contributed by atoms with Crippen LogP contribution in [0.1, 0.15) is 26.3 Å². The van der Waals surface area contributed by atoms with Gasteiger partial charge < -0.3 is 25.0 Å². The lowest BCUT2D eigenvalue weighted by Gasteiger charge is -2.33. The molecule has 0 saturated carbocycles. The normalized spacial score (nSPS) is 20.4. The molecule has 2 saturated heterocycles. The van der Waals surface area contributed by atoms with Crippen LogP contribution in [-0.4, -0.2) is 106 Å². The van der Waals surface area contributed by atoms with Crippen molar-refractivity contribution < 1.29 is 32.6 Å². The van der Waals surface area contributed by atoms with Crippen molar-refractivity contribution in [2.24, 2.45) is 0 Å². The van der Waals surface area contributed by atoms with Crippen LogP contribution in [0.4, 0.5) is 4.79 Å². The summed E-state index contributed by atoms with van der Waals surface area (Å²) in [7, 11) is -4.05. The molecule has 4 rings (SSSR count). The third kappa shape index (κ3) is 7.18. The number of nitrogens with zero attached hydrogens (tertiary/aromatic N) is 4. The maximum absolute atomic E-state index is 13.4. The largest absolute Gasteiger partial charge is 0.480 e. The summed E-state index contributed by atoms with van der Waals surface area (Å²) in [5.74, 6) is -1.60. The highest BCUT2D eigenvalue weighted by molar-refractivity contribution is 8.02. The zero-order valence-electron chi connectivity index (χ0n) is 23.2. The summed E-state index contributed by atoms with van der Waals surface area (Å²) >= 11 is 1.29. The van der Waals surface area contributed by atoms with Crippen molar-refractivity contribution in [1.29, 1.82) is 0 Å². The predicted octanol–water partition coefficient (Wildman–Crippen LogP) is 1.87. The molecule has 12 nitrogen and oxygen atoms in total. The van der Waals surface area contributed by atoms with Gasteiger partial charge in [0.25, 0.3) is 0 Å². The zero-order chi connectivity index (χ0) is 29.8. The van der Waals surface area contributed by atoms with E-state index >= 15 is 0 Å². The van der Waals surface area contributed by atoms with E-state index in [0.29, 0.717) is 24.4 Å². The van der Waals surface area contributed by atoms with Gasteiger partial charge in [0.2, 0.25) is 15.9 Å². The molecule has 2 amide bonds. The number of carboxylic acid groups (broad SMARTS) is 1. The number of piperazine rings is 1. The number of hydrogen-bond acceptors (Lipinski definition) is 9. The van der Waals surface area contributed by atoms with Crippen molar-refractivity contribution in [3.8, 4) is 5.75 Å². The average molecular weight is 606 g/mol. The van der Waals surface area contributed by atoms with E-state index in [1.54, 1.807) is 43.0 Å². The third-order valence-corrected chi connectivity index (χ3v) is 10.6. The minimum atomic E-state index is -4.05. The van der Waals surface area contributed by atoms with E-state index in [2.05, 4.69) is 22.1 Å². The van der Waals surface area contributed by atoms with Gasteiger partial charge in [0, 0.05) is 49.7 Å². The number of carbonyl (C=O) groups excluding carboxylic acids is 2. The number of amides is 2. The van der Waals surface area contributed by atoms with Crippen LogP contribution >= 0.6 is 11.8 Å². The summed E-state index contributed by atoms with van der Waals surface area (Å²) in [6, 6.07) is 6.88. The molecule has 41 heavy (non-hydrogen) atoms. The average Bonchev–Trinajstić information content (AvgIpc) is 3.29. The summed E-state index contributed by atoms with van der Waals surface area (Å²) in [5, 5.41) is 12.4. The topological polar surface area (TPSA) is 149 Å². The highest BCUT2D eigenvalue weighted by atomic mass is 32.2. The zero-order valence-corrected chi connectivity index (χ0v) is 24.9. The van der Waals surface area contributed by atoms with Crippen molar-refractivity contribution >= 4 is 39.8 Å². The molecule has 2 aliphatic rings. The molecule has 1 aromatic carbocycles. The summed E-state index contributed by atoms with van der Waals surface area (Å²) < 4.78 is 32.4. The summed E-state index contributed by atoms with van der Waals surface area (Å²) in [4.78, 5) is 45.8. The van der Waals surface area contributed by atoms with Gasteiger partial charge in [0.15, 0.2) is 0 Å². The number of carboxylic acids is 1. The minimum absolute atomic E-state index is 0.0362. The molecule has 2 aliphatic heterocycles. The lowest BCUT2D eigenvalue weighted by molar-refractivity contribution is -0.142. The molecule has 0 aliphatic carbocycles. The van der Waals surface area contributed by atoms with E-state index in [-0.39, 0.29) is 17.2 Å². The Labute approximate surface area is 244 Å². The van der Waals surface area contributed by atoms with Crippen LogP contribution in [0.3, 0.4) is 0 Å². The number of carbonyl (C=O) groups is 3. The standard InChI is InChI=1S/C27H35N5O7S2/c1-4-30-12-14-31(15-13-30)26(36)39-20-9-7-19(8-10-20)16-22(25(34)35)29-24(33)23-27(2,3)40-18-32(23)41(37,38)21-6-5-11-28-17-21/h5-11,17,22-23H,4,12-16,18H2,1-3H3,(H,29,33)(H,34,35)/t22-,23+/m0/s1. The molecule has 3 heterocycles. The summed E-state index contributed by atoms with van der Waals surface area (Å²) in [6.07, 6.45) is 2.18. The third-order valence-electron chi connectivity index (χ3n) is 7.26. The van der Waals surface area contributed by atoms with Crippen molar-refractivity contribution in [3.63, 3.8) is 0 Å². The van der Waals surface area contributed by atoms with Crippen molar-refractivity contribution in [2.45, 2.75) is 48.9 Å². The fourth-order valence-corrected chi connectivity index (χ4v) is 7.95. The molecule has 2 fully saturated rings. The Balaban J connectivity index is 1.41. The molecule has 0 radical (unpaired) electrons. The Kier molecular flexibility index (Phi) is 9.57. The first-order valence-electron chi connectivity index (χ1n) is 13.3. The Morgan fingerprint density at radius 2 is 1.83 bits per heavy atom. The van der Waals surface area contributed by atoms with Gasteiger partial charge in [0.1, 0.15) is 22.7 Å². The van der Waals surface area contributed by atoms with Crippen molar-refractivity contribution in [2.75, 3.05) is 38.6 Å². The Morgan fingerprint density at radius 3 is 2.41 bits per heavy atom. The molecular formula is C27H35N5O7S2. The van der Waals surface area contributed by atoms with Crippen molar-refractivity contribution in [3.05, 3.63) is 54.4 Å². The molecule has 14 heteroatoms. The van der Waals surface area contributed by atoms with Crippen LogP contribution in [0, 0.1) is 0 Å². The van der Waals surface area contributed by atoms with Gasteiger partial charge in [-0.3, -0.25) is 9.78 Å². The van der Waals surface area contributed by atoms with Crippen LogP contribution in [0.15, 0.2) is 53.7 Å². The van der Waals surface area contributed by atoms with Gasteiger partial charge in [-0.05, 0) is 50.2 Å². The second-order valence-electron chi connectivity index (χ2n) is 10.4. The van der Waals surface area contributed by atoms with E-state index in [1.807, 2.05) is 0 Å². The van der Waals surface area contributed by atoms with Crippen LogP contribution in [0.5, 0.6) is 5.75 Å². The fourth-order valence-electron chi connectivity index (χ4n) is 4.81. The summed E-state index contributed by atoms with van der Waals surface area (Å²) in [6.45, 7) is 9.26. The van der Waals surface area contributed by atoms with Crippen LogP contribution in [0.2, 0.25) is 0 Å². The molecule has 2 N–H and O–H groups in total. The molecule has 1 aromatic heterocycles. The number of rotatable bonds is 9. The molecular weight excluding hydrogens is 570 g/mol. The molecule has 2 aromatic rings. The van der Waals surface area contributed by atoms with E-state index in [0.717, 1.165) is 23.9 Å². The lowest BCUT2D eigenvalue weighted by Crippen LogP contribution is -2.56. The molecule has 0 spiro atoms. The predicted molar refractivity (Wildman–Crippen MR) is 153 cm³/mol. The number of ether oxygens (including phenoxy) is 1. The van der Waals surface area contributed by atoms with Crippen LogP contribution in [-0.2, 0) is 26.0 Å². The number of nitrogens with one attached hydrogen (secondary N) is 1. The van der Waals surface area contributed by atoms with Gasteiger partial charge in [-0.1, -0.05) is 19.1 Å². The van der Waals surface area contributed by atoms with Gasteiger partial charge >= 0.3 is 12.1 Å².